The fraction of sp³-hybridized carbons (Fsp3) is 0.500. The van der Waals surface area contributed by atoms with Crippen molar-refractivity contribution in [2.75, 3.05) is 13.6 Å². The van der Waals surface area contributed by atoms with Crippen molar-refractivity contribution in [3.8, 4) is 0 Å². The van der Waals surface area contributed by atoms with E-state index in [1.807, 2.05) is 18.5 Å². The lowest BCUT2D eigenvalue weighted by Crippen LogP contribution is -2.39. The van der Waals surface area contributed by atoms with E-state index in [1.165, 1.54) is 4.88 Å². The van der Waals surface area contributed by atoms with Gasteiger partial charge in [0.25, 0.3) is 0 Å². The van der Waals surface area contributed by atoms with Crippen LogP contribution in [0.4, 0.5) is 0 Å². The highest BCUT2D eigenvalue weighted by Crippen LogP contribution is 2.19. The lowest BCUT2D eigenvalue weighted by atomic mass is 10.1. The third-order valence-electron chi connectivity index (χ3n) is 3.42. The first-order chi connectivity index (χ1) is 10.1. The summed E-state index contributed by atoms with van der Waals surface area (Å²) in [6.07, 6.45) is 0. The topological polar surface area (TPSA) is 67.1 Å². The Morgan fingerprint density at radius 1 is 1.41 bits per heavy atom. The van der Waals surface area contributed by atoms with Crippen LogP contribution in [0.2, 0.25) is 0 Å². The molecule has 0 aliphatic carbocycles. The third kappa shape index (κ3) is 4.94. The van der Waals surface area contributed by atoms with Gasteiger partial charge in [0, 0.05) is 31.4 Å². The number of aromatic nitrogens is 3. The second-order valence-electron chi connectivity index (χ2n) is 4.95. The van der Waals surface area contributed by atoms with Gasteiger partial charge in [-0.1, -0.05) is 13.0 Å². The van der Waals surface area contributed by atoms with E-state index in [9.17, 15) is 0 Å². The number of aliphatic imine (C=N–C) groups is 1. The number of halogens is 1. The molecule has 2 heterocycles. The fourth-order valence-corrected chi connectivity index (χ4v) is 2.70. The highest BCUT2D eigenvalue weighted by Gasteiger charge is 2.09. The van der Waals surface area contributed by atoms with Gasteiger partial charge in [-0.05, 0) is 18.4 Å². The van der Waals surface area contributed by atoms with E-state index in [0.29, 0.717) is 12.5 Å². The van der Waals surface area contributed by atoms with Gasteiger partial charge in [-0.2, -0.15) is 0 Å². The maximum Gasteiger partial charge on any atom is 0.191 e. The van der Waals surface area contributed by atoms with Crippen LogP contribution in [-0.4, -0.2) is 34.3 Å². The number of rotatable bonds is 5. The van der Waals surface area contributed by atoms with Crippen molar-refractivity contribution in [3.05, 3.63) is 34.0 Å². The van der Waals surface area contributed by atoms with E-state index < -0.39 is 0 Å². The van der Waals surface area contributed by atoms with Gasteiger partial charge in [0.1, 0.15) is 5.82 Å². The van der Waals surface area contributed by atoms with Crippen molar-refractivity contribution in [2.45, 2.75) is 26.3 Å². The van der Waals surface area contributed by atoms with Gasteiger partial charge in [-0.3, -0.25) is 4.99 Å². The Hall–Kier alpha value is -1.16. The van der Waals surface area contributed by atoms with Gasteiger partial charge in [-0.25, -0.2) is 0 Å². The largest absolute Gasteiger partial charge is 0.356 e. The van der Waals surface area contributed by atoms with Crippen LogP contribution in [0, 0.1) is 6.92 Å². The zero-order chi connectivity index (χ0) is 15.2. The van der Waals surface area contributed by atoms with Gasteiger partial charge >= 0.3 is 0 Å². The smallest absolute Gasteiger partial charge is 0.191 e. The lowest BCUT2D eigenvalue weighted by molar-refractivity contribution is 0.687. The molecule has 2 N–H and O–H groups in total. The van der Waals surface area contributed by atoms with Gasteiger partial charge in [-0.15, -0.1) is 45.5 Å². The van der Waals surface area contributed by atoms with Gasteiger partial charge < -0.3 is 15.2 Å². The zero-order valence-corrected chi connectivity index (χ0v) is 16.5. The maximum atomic E-state index is 4.23. The highest BCUT2D eigenvalue weighted by molar-refractivity contribution is 14.0. The monoisotopic (exact) mass is 434 g/mol. The van der Waals surface area contributed by atoms with Crippen LogP contribution in [-0.2, 0) is 13.6 Å². The minimum atomic E-state index is 0. The number of nitrogens with one attached hydrogen (secondary N) is 2. The Kier molecular flexibility index (Phi) is 7.80. The zero-order valence-electron chi connectivity index (χ0n) is 13.3. The molecule has 22 heavy (non-hydrogen) atoms. The molecule has 8 heteroatoms. The molecular weight excluding hydrogens is 411 g/mol. The summed E-state index contributed by atoms with van der Waals surface area (Å²) in [7, 11) is 3.73. The summed E-state index contributed by atoms with van der Waals surface area (Å²) in [5.74, 6) is 3.03. The van der Waals surface area contributed by atoms with Crippen LogP contribution in [0.15, 0.2) is 22.5 Å². The summed E-state index contributed by atoms with van der Waals surface area (Å²) < 4.78 is 1.97. The molecule has 0 spiro atoms. The van der Waals surface area contributed by atoms with Gasteiger partial charge in [0.2, 0.25) is 0 Å². The van der Waals surface area contributed by atoms with Gasteiger partial charge in [0.05, 0.1) is 6.54 Å². The Morgan fingerprint density at radius 3 is 2.73 bits per heavy atom. The summed E-state index contributed by atoms with van der Waals surface area (Å²) in [5, 5.41) is 16.9. The molecule has 2 rings (SSSR count). The quantitative estimate of drug-likeness (QED) is 0.431. The molecule has 0 aliphatic rings. The molecule has 0 saturated heterocycles. The number of hydrogen-bond donors (Lipinski definition) is 2. The van der Waals surface area contributed by atoms with Crippen LogP contribution in [0.5, 0.6) is 0 Å². The molecule has 0 aliphatic heterocycles. The standard InChI is InChI=1S/C14H22N6S.HI/c1-10(12-6-5-7-21-12)8-16-14(15-3)17-9-13-19-18-11(2)20(13)4;/h5-7,10H,8-9H2,1-4H3,(H2,15,16,17);1H. The first kappa shape index (κ1) is 18.9. The molecule has 0 radical (unpaired) electrons. The van der Waals surface area contributed by atoms with E-state index in [0.717, 1.165) is 24.2 Å². The number of guanidine groups is 1. The summed E-state index contributed by atoms with van der Waals surface area (Å²) in [6.45, 7) is 5.59. The third-order valence-corrected chi connectivity index (χ3v) is 4.53. The van der Waals surface area contributed by atoms with Crippen LogP contribution in [0.25, 0.3) is 0 Å². The molecule has 0 aromatic carbocycles. The van der Waals surface area contributed by atoms with Crippen molar-refractivity contribution >= 4 is 41.3 Å². The minimum absolute atomic E-state index is 0. The predicted octanol–water partition coefficient (Wildman–Crippen LogP) is 2.27. The van der Waals surface area contributed by atoms with Crippen LogP contribution < -0.4 is 10.6 Å². The van der Waals surface area contributed by atoms with E-state index in [2.05, 4.69) is 50.3 Å². The summed E-state index contributed by atoms with van der Waals surface area (Å²) in [6, 6.07) is 4.25. The maximum absolute atomic E-state index is 4.23. The molecule has 0 fully saturated rings. The molecule has 0 amide bonds. The van der Waals surface area contributed by atoms with Crippen molar-refractivity contribution in [1.82, 2.24) is 25.4 Å². The van der Waals surface area contributed by atoms with Crippen LogP contribution in [0.1, 0.15) is 29.4 Å². The number of nitrogens with zero attached hydrogens (tertiary/aromatic N) is 4. The molecular formula is C14H23IN6S. The fourth-order valence-electron chi connectivity index (χ4n) is 1.91. The number of aryl methyl sites for hydroxylation is 1. The Bertz CT molecular complexity index is 593. The lowest BCUT2D eigenvalue weighted by Gasteiger charge is -2.15. The second-order valence-corrected chi connectivity index (χ2v) is 5.92. The van der Waals surface area contributed by atoms with Crippen molar-refractivity contribution in [1.29, 1.82) is 0 Å². The molecule has 0 bridgehead atoms. The molecule has 122 valence electrons. The van der Waals surface area contributed by atoms with E-state index in [4.69, 9.17) is 0 Å². The average molecular weight is 434 g/mol. The molecule has 2 aromatic heterocycles. The number of hydrogen-bond acceptors (Lipinski definition) is 4. The minimum Gasteiger partial charge on any atom is -0.356 e. The SMILES string of the molecule is CN=C(NCc1nnc(C)n1C)NCC(C)c1cccs1.I. The van der Waals surface area contributed by atoms with Crippen LogP contribution >= 0.6 is 35.3 Å². The first-order valence-corrected chi connectivity index (χ1v) is 7.82. The molecule has 6 nitrogen and oxygen atoms in total. The Labute approximate surface area is 152 Å². The predicted molar refractivity (Wildman–Crippen MR) is 102 cm³/mol. The number of thiophene rings is 1. The molecule has 1 atom stereocenters. The van der Waals surface area contributed by atoms with E-state index >= 15 is 0 Å². The average Bonchev–Trinajstić information content (AvgIpc) is 3.12. The van der Waals surface area contributed by atoms with E-state index in [1.54, 1.807) is 18.4 Å². The highest BCUT2D eigenvalue weighted by atomic mass is 127. The summed E-state index contributed by atoms with van der Waals surface area (Å²) in [4.78, 5) is 5.61. The van der Waals surface area contributed by atoms with Crippen molar-refractivity contribution in [3.63, 3.8) is 0 Å². The second kappa shape index (κ2) is 9.09. The van der Waals surface area contributed by atoms with Crippen LogP contribution in [0.3, 0.4) is 0 Å². The molecule has 1 unspecified atom stereocenters. The van der Waals surface area contributed by atoms with Crippen molar-refractivity contribution < 1.29 is 0 Å². The van der Waals surface area contributed by atoms with Crippen molar-refractivity contribution in [2.24, 2.45) is 12.0 Å². The summed E-state index contributed by atoms with van der Waals surface area (Å²) >= 11 is 1.78. The normalized spacial score (nSPS) is 12.6. The molecule has 0 saturated carbocycles. The Balaban J connectivity index is 0.00000242. The molecule has 2 aromatic rings. The Morgan fingerprint density at radius 2 is 2.18 bits per heavy atom. The summed E-state index contributed by atoms with van der Waals surface area (Å²) in [5.41, 5.74) is 0. The first-order valence-electron chi connectivity index (χ1n) is 6.94. The van der Waals surface area contributed by atoms with E-state index in [-0.39, 0.29) is 24.0 Å². The van der Waals surface area contributed by atoms with Gasteiger partial charge in [0.15, 0.2) is 11.8 Å².